The second-order valence-corrected chi connectivity index (χ2v) is 7.99. The smallest absolute Gasteiger partial charge is 0.399 e. The first-order valence-corrected chi connectivity index (χ1v) is 8.14. The lowest BCUT2D eigenvalue weighted by atomic mass is 9.78. The van der Waals surface area contributed by atoms with E-state index in [1.165, 1.54) is 12.4 Å². The maximum atomic E-state index is 11.9. The zero-order chi connectivity index (χ0) is 15.3. The van der Waals surface area contributed by atoms with Crippen molar-refractivity contribution in [2.24, 2.45) is 0 Å². The summed E-state index contributed by atoms with van der Waals surface area (Å²) < 4.78 is 35.5. The van der Waals surface area contributed by atoms with Crippen LogP contribution in [-0.2, 0) is 19.1 Å². The van der Waals surface area contributed by atoms with Crippen LogP contribution in [0.15, 0.2) is 17.3 Å². The Morgan fingerprint density at radius 3 is 2.10 bits per heavy atom. The zero-order valence-corrected chi connectivity index (χ0v) is 13.1. The van der Waals surface area contributed by atoms with Gasteiger partial charge in [0.05, 0.1) is 21.8 Å². The summed E-state index contributed by atoms with van der Waals surface area (Å²) in [7, 11) is -4.30. The molecule has 1 fully saturated rings. The average molecular weight is 298 g/mol. The number of hydrogen-bond acceptors (Lipinski definition) is 6. The Balaban J connectivity index is 2.56. The van der Waals surface area contributed by atoms with Gasteiger partial charge >= 0.3 is 7.12 Å². The van der Waals surface area contributed by atoms with Gasteiger partial charge < -0.3 is 15.0 Å². The summed E-state index contributed by atoms with van der Waals surface area (Å²) in [6, 6.07) is 0. The quantitative estimate of drug-likeness (QED) is 0.793. The summed E-state index contributed by atoms with van der Waals surface area (Å²) >= 11 is 0. The van der Waals surface area contributed by atoms with Crippen molar-refractivity contribution in [1.29, 1.82) is 0 Å². The summed E-state index contributed by atoms with van der Waals surface area (Å²) in [6.07, 6.45) is 3.78. The van der Waals surface area contributed by atoms with Crippen LogP contribution >= 0.6 is 0 Å². The van der Waals surface area contributed by atoms with Crippen LogP contribution in [0.2, 0.25) is 0 Å². The van der Waals surface area contributed by atoms with Crippen LogP contribution in [0.1, 0.15) is 27.7 Å². The van der Waals surface area contributed by atoms with Crippen molar-refractivity contribution >= 4 is 28.1 Å². The molecule has 20 heavy (non-hydrogen) atoms. The Hall–Kier alpha value is -1.12. The lowest BCUT2D eigenvalue weighted by molar-refractivity contribution is 0.00578. The third-order valence-corrected chi connectivity index (χ3v) is 4.99. The minimum atomic E-state index is -3.47. The first-order chi connectivity index (χ1) is 8.96. The second kappa shape index (κ2) is 4.44. The van der Waals surface area contributed by atoms with Crippen LogP contribution in [0.5, 0.6) is 0 Å². The SMILES string of the molecule is CC1(C)OB(c2c(N)cncc2S(C)(=O)=O)OC1(C)C. The predicted molar refractivity (Wildman–Crippen MR) is 77.5 cm³/mol. The van der Waals surface area contributed by atoms with Gasteiger partial charge in [-0.3, -0.25) is 4.98 Å². The van der Waals surface area contributed by atoms with Crippen LogP contribution in [0.3, 0.4) is 0 Å². The molecule has 2 rings (SSSR count). The van der Waals surface area contributed by atoms with Crippen LogP contribution in [-0.4, -0.2) is 38.0 Å². The highest BCUT2D eigenvalue weighted by Crippen LogP contribution is 2.37. The van der Waals surface area contributed by atoms with Crippen LogP contribution in [0, 0.1) is 0 Å². The van der Waals surface area contributed by atoms with Gasteiger partial charge in [-0.1, -0.05) is 0 Å². The van der Waals surface area contributed by atoms with Gasteiger partial charge in [-0.05, 0) is 27.7 Å². The maximum absolute atomic E-state index is 11.9. The molecule has 0 aliphatic carbocycles. The summed E-state index contributed by atoms with van der Waals surface area (Å²) in [4.78, 5) is 3.88. The molecule has 1 aromatic heterocycles. The van der Waals surface area contributed by atoms with Crippen molar-refractivity contribution in [2.75, 3.05) is 12.0 Å². The Kier molecular flexibility index (Phi) is 3.39. The number of rotatable bonds is 2. The number of nitrogens with zero attached hydrogens (tertiary/aromatic N) is 1. The molecule has 1 saturated heterocycles. The van der Waals surface area contributed by atoms with E-state index in [4.69, 9.17) is 15.0 Å². The molecule has 1 aromatic rings. The van der Waals surface area contributed by atoms with E-state index < -0.39 is 28.2 Å². The average Bonchev–Trinajstić information content (AvgIpc) is 2.46. The summed E-state index contributed by atoms with van der Waals surface area (Å²) in [6.45, 7) is 7.57. The number of nitrogens with two attached hydrogens (primary N) is 1. The predicted octanol–water partition coefficient (Wildman–Crippen LogP) is 0.366. The Labute approximate surface area is 119 Å². The van der Waals surface area contributed by atoms with E-state index in [-0.39, 0.29) is 10.6 Å². The third-order valence-electron chi connectivity index (χ3n) is 3.87. The highest BCUT2D eigenvalue weighted by Gasteiger charge is 2.53. The number of aromatic nitrogens is 1. The van der Waals surface area contributed by atoms with Crippen LogP contribution < -0.4 is 11.2 Å². The highest BCUT2D eigenvalue weighted by atomic mass is 32.2. The molecule has 6 nitrogen and oxygen atoms in total. The monoisotopic (exact) mass is 298 g/mol. The highest BCUT2D eigenvalue weighted by molar-refractivity contribution is 7.91. The molecule has 1 aliphatic rings. The molecule has 0 saturated carbocycles. The Bertz CT molecular complexity index is 627. The Morgan fingerprint density at radius 2 is 1.65 bits per heavy atom. The van der Waals surface area contributed by atoms with Crippen LogP contribution in [0.25, 0.3) is 0 Å². The summed E-state index contributed by atoms with van der Waals surface area (Å²) in [5, 5.41) is 0. The normalized spacial score (nSPS) is 21.1. The molecular formula is C12H19BN2O4S. The third kappa shape index (κ3) is 2.43. The largest absolute Gasteiger partial charge is 0.498 e. The van der Waals surface area contributed by atoms with Crippen molar-refractivity contribution < 1.29 is 17.7 Å². The zero-order valence-electron chi connectivity index (χ0n) is 12.3. The Morgan fingerprint density at radius 1 is 1.15 bits per heavy atom. The van der Waals surface area contributed by atoms with Gasteiger partial charge in [0.1, 0.15) is 0 Å². The molecule has 2 heterocycles. The number of anilines is 1. The molecule has 2 N–H and O–H groups in total. The molecule has 0 unspecified atom stereocenters. The van der Waals surface area contributed by atoms with Crippen molar-refractivity contribution in [2.45, 2.75) is 43.8 Å². The minimum absolute atomic E-state index is 0.0380. The van der Waals surface area contributed by atoms with E-state index in [0.29, 0.717) is 5.46 Å². The lowest BCUT2D eigenvalue weighted by Gasteiger charge is -2.32. The first kappa shape index (κ1) is 15.3. The van der Waals surface area contributed by atoms with E-state index in [0.717, 1.165) is 6.26 Å². The molecule has 110 valence electrons. The number of sulfone groups is 1. The van der Waals surface area contributed by atoms with Crippen LogP contribution in [0.4, 0.5) is 5.69 Å². The van der Waals surface area contributed by atoms with Gasteiger partial charge in [0.2, 0.25) is 0 Å². The van der Waals surface area contributed by atoms with E-state index >= 15 is 0 Å². The standard InChI is InChI=1S/C12H19BN2O4S/c1-11(2)12(3,4)19-13(18-11)10-8(14)6-15-7-9(10)20(5,16)17/h6-7H,14H2,1-5H3. The fourth-order valence-corrected chi connectivity index (χ4v) is 2.84. The van der Waals surface area contributed by atoms with Gasteiger partial charge in [-0.15, -0.1) is 0 Å². The summed E-state index contributed by atoms with van der Waals surface area (Å²) in [5.74, 6) is 0. The second-order valence-electron chi connectivity index (χ2n) is 6.00. The first-order valence-electron chi connectivity index (χ1n) is 6.25. The van der Waals surface area contributed by atoms with Gasteiger partial charge in [-0.2, -0.15) is 0 Å². The maximum Gasteiger partial charge on any atom is 0.498 e. The topological polar surface area (TPSA) is 91.5 Å². The fraction of sp³-hybridized carbons (Fsp3) is 0.583. The minimum Gasteiger partial charge on any atom is -0.399 e. The number of pyridine rings is 1. The molecule has 8 heteroatoms. The van der Waals surface area contributed by atoms with Gasteiger partial charge in [0.15, 0.2) is 9.84 Å². The van der Waals surface area contributed by atoms with Crippen molar-refractivity contribution in [1.82, 2.24) is 4.98 Å². The summed E-state index contributed by atoms with van der Waals surface area (Å²) in [5.41, 5.74) is 5.32. The molecule has 1 aliphatic heterocycles. The van der Waals surface area contributed by atoms with Gasteiger partial charge in [-0.25, -0.2) is 8.42 Å². The molecule has 0 bridgehead atoms. The van der Waals surface area contributed by atoms with E-state index in [9.17, 15) is 8.42 Å². The van der Waals surface area contributed by atoms with Crippen molar-refractivity contribution in [3.63, 3.8) is 0 Å². The molecule has 0 amide bonds. The molecule has 0 atom stereocenters. The molecular weight excluding hydrogens is 279 g/mol. The van der Waals surface area contributed by atoms with Crippen molar-refractivity contribution in [3.05, 3.63) is 12.4 Å². The molecule has 0 aromatic carbocycles. The number of nitrogen functional groups attached to an aromatic ring is 1. The van der Waals surface area contributed by atoms with E-state index in [2.05, 4.69) is 4.98 Å². The fourth-order valence-electron chi connectivity index (χ4n) is 1.98. The molecule has 0 radical (unpaired) electrons. The van der Waals surface area contributed by atoms with Crippen molar-refractivity contribution in [3.8, 4) is 0 Å². The number of hydrogen-bond donors (Lipinski definition) is 1. The lowest BCUT2D eigenvalue weighted by Crippen LogP contribution is -2.41. The van der Waals surface area contributed by atoms with E-state index in [1.54, 1.807) is 0 Å². The molecule has 0 spiro atoms. The van der Waals surface area contributed by atoms with Gasteiger partial charge in [0, 0.05) is 24.1 Å². The van der Waals surface area contributed by atoms with Gasteiger partial charge in [0.25, 0.3) is 0 Å². The van der Waals surface area contributed by atoms with E-state index in [1.807, 2.05) is 27.7 Å².